The van der Waals surface area contributed by atoms with E-state index in [2.05, 4.69) is 20.3 Å². The van der Waals surface area contributed by atoms with Crippen molar-refractivity contribution in [2.24, 2.45) is 0 Å². The van der Waals surface area contributed by atoms with Crippen LogP contribution in [0.2, 0.25) is 5.02 Å². The van der Waals surface area contributed by atoms with Gasteiger partial charge in [0.05, 0.1) is 4.92 Å². The van der Waals surface area contributed by atoms with E-state index in [-0.39, 0.29) is 17.4 Å². The molecule has 3 aromatic rings. The average molecular weight is 358 g/mol. The van der Waals surface area contributed by atoms with Gasteiger partial charge in [0, 0.05) is 23.1 Å². The van der Waals surface area contributed by atoms with Gasteiger partial charge in [-0.1, -0.05) is 11.6 Å². The largest absolute Gasteiger partial charge is 0.434 e. The Hall–Kier alpha value is -3.26. The Kier molecular flexibility index (Phi) is 4.71. The van der Waals surface area contributed by atoms with E-state index in [1.54, 1.807) is 49.6 Å². The van der Waals surface area contributed by atoms with E-state index in [0.29, 0.717) is 16.5 Å². The molecule has 0 bridgehead atoms. The minimum absolute atomic E-state index is 0.0203. The van der Waals surface area contributed by atoms with Gasteiger partial charge in [0.15, 0.2) is 0 Å². The van der Waals surface area contributed by atoms with Crippen LogP contribution < -0.4 is 10.1 Å². The summed E-state index contributed by atoms with van der Waals surface area (Å²) in [6.07, 6.45) is 4.31. The summed E-state index contributed by atoms with van der Waals surface area (Å²) in [7, 11) is 0. The van der Waals surface area contributed by atoms with E-state index in [1.807, 2.05) is 0 Å². The molecule has 0 radical (unpaired) electrons. The first-order chi connectivity index (χ1) is 12.0. The van der Waals surface area contributed by atoms with Gasteiger partial charge in [-0.05, 0) is 42.8 Å². The number of benzene rings is 1. The fraction of sp³-hybridized carbons (Fsp3) is 0.0625. The van der Waals surface area contributed by atoms with E-state index >= 15 is 0 Å². The molecule has 1 aromatic carbocycles. The van der Waals surface area contributed by atoms with Crippen molar-refractivity contribution in [3.63, 3.8) is 0 Å². The van der Waals surface area contributed by atoms with Crippen LogP contribution in [0.25, 0.3) is 0 Å². The minimum atomic E-state index is -0.596. The molecule has 25 heavy (non-hydrogen) atoms. The maximum absolute atomic E-state index is 11.5. The third kappa shape index (κ3) is 3.81. The van der Waals surface area contributed by atoms with E-state index < -0.39 is 4.92 Å². The molecule has 0 amide bonds. The molecule has 1 N–H and O–H groups in total. The lowest BCUT2D eigenvalue weighted by Gasteiger charge is -2.10. The van der Waals surface area contributed by atoms with Crippen LogP contribution in [0.3, 0.4) is 0 Å². The van der Waals surface area contributed by atoms with E-state index in [9.17, 15) is 10.1 Å². The molecule has 0 atom stereocenters. The Bertz CT molecular complexity index is 921. The Balaban J connectivity index is 1.97. The molecule has 2 aromatic heterocycles. The number of aromatic nitrogens is 3. The van der Waals surface area contributed by atoms with Crippen molar-refractivity contribution in [3.05, 3.63) is 69.8 Å². The van der Waals surface area contributed by atoms with Crippen LogP contribution in [0.5, 0.6) is 11.6 Å². The fourth-order valence-corrected chi connectivity index (χ4v) is 2.18. The summed E-state index contributed by atoms with van der Waals surface area (Å²) >= 11 is 5.98. The maximum Gasteiger partial charge on any atom is 0.373 e. The zero-order valence-electron chi connectivity index (χ0n) is 13.0. The molecule has 126 valence electrons. The summed E-state index contributed by atoms with van der Waals surface area (Å²) in [5.74, 6) is 0.240. The van der Waals surface area contributed by atoms with Gasteiger partial charge in [-0.15, -0.1) is 0 Å². The van der Waals surface area contributed by atoms with Gasteiger partial charge in [-0.25, -0.2) is 4.98 Å². The molecule has 3 rings (SSSR count). The van der Waals surface area contributed by atoms with Gasteiger partial charge in [0.25, 0.3) is 0 Å². The lowest BCUT2D eigenvalue weighted by atomic mass is 10.2. The SMILES string of the molecule is Cc1cc(Oc2ncnc(Nc3ccncc3)c2[N+](=O)[O-])ccc1Cl. The van der Waals surface area contributed by atoms with Crippen LogP contribution in [0.15, 0.2) is 49.1 Å². The third-order valence-corrected chi connectivity index (χ3v) is 3.68. The number of pyridine rings is 1. The highest BCUT2D eigenvalue weighted by Crippen LogP contribution is 2.36. The van der Waals surface area contributed by atoms with Crippen molar-refractivity contribution >= 4 is 28.8 Å². The van der Waals surface area contributed by atoms with Crippen molar-refractivity contribution in [1.82, 2.24) is 15.0 Å². The molecule has 9 heteroatoms. The summed E-state index contributed by atoms with van der Waals surface area (Å²) in [4.78, 5) is 22.6. The van der Waals surface area contributed by atoms with Crippen LogP contribution in [0.4, 0.5) is 17.2 Å². The fourth-order valence-electron chi connectivity index (χ4n) is 2.06. The van der Waals surface area contributed by atoms with Gasteiger partial charge in [-0.3, -0.25) is 15.1 Å². The first kappa shape index (κ1) is 16.6. The van der Waals surface area contributed by atoms with E-state index in [1.165, 1.54) is 6.33 Å². The van der Waals surface area contributed by atoms with Gasteiger partial charge >= 0.3 is 11.6 Å². The number of aryl methyl sites for hydroxylation is 1. The topological polar surface area (TPSA) is 103 Å². The standard InChI is InChI=1S/C16H12ClN5O3/c1-10-8-12(2-3-13(10)17)25-16-14(22(23)24)15(19-9-20-16)21-11-4-6-18-7-5-11/h2-9H,1H3,(H,18,19,20,21). The molecule has 0 saturated carbocycles. The first-order valence-electron chi connectivity index (χ1n) is 7.15. The summed E-state index contributed by atoms with van der Waals surface area (Å²) in [6.45, 7) is 1.81. The number of nitro groups is 1. The molecule has 8 nitrogen and oxygen atoms in total. The number of halogens is 1. The molecule has 0 spiro atoms. The van der Waals surface area contributed by atoms with Crippen molar-refractivity contribution in [2.75, 3.05) is 5.32 Å². The number of nitrogens with zero attached hydrogens (tertiary/aromatic N) is 4. The van der Waals surface area contributed by atoms with E-state index in [4.69, 9.17) is 16.3 Å². The molecule has 2 heterocycles. The second-order valence-corrected chi connectivity index (χ2v) is 5.41. The highest BCUT2D eigenvalue weighted by molar-refractivity contribution is 6.31. The Labute approximate surface area is 147 Å². The Morgan fingerprint density at radius 3 is 2.64 bits per heavy atom. The Morgan fingerprint density at radius 2 is 1.96 bits per heavy atom. The van der Waals surface area contributed by atoms with Crippen molar-refractivity contribution in [3.8, 4) is 11.6 Å². The molecular formula is C16H12ClN5O3. The highest BCUT2D eigenvalue weighted by atomic mass is 35.5. The van der Waals surface area contributed by atoms with Crippen LogP contribution in [-0.2, 0) is 0 Å². The highest BCUT2D eigenvalue weighted by Gasteiger charge is 2.25. The number of nitrogens with one attached hydrogen (secondary N) is 1. The summed E-state index contributed by atoms with van der Waals surface area (Å²) < 4.78 is 5.58. The van der Waals surface area contributed by atoms with Gasteiger partial charge in [-0.2, -0.15) is 4.98 Å². The lowest BCUT2D eigenvalue weighted by molar-refractivity contribution is -0.385. The third-order valence-electron chi connectivity index (χ3n) is 3.26. The van der Waals surface area contributed by atoms with Gasteiger partial charge in [0.2, 0.25) is 5.82 Å². The zero-order valence-corrected chi connectivity index (χ0v) is 13.8. The predicted molar refractivity (Wildman–Crippen MR) is 92.5 cm³/mol. The van der Waals surface area contributed by atoms with Crippen LogP contribution >= 0.6 is 11.6 Å². The second-order valence-electron chi connectivity index (χ2n) is 5.01. The molecular weight excluding hydrogens is 346 g/mol. The predicted octanol–water partition coefficient (Wildman–Crippen LogP) is 4.28. The molecule has 0 unspecified atom stereocenters. The number of hydrogen-bond donors (Lipinski definition) is 1. The van der Waals surface area contributed by atoms with Crippen molar-refractivity contribution < 1.29 is 9.66 Å². The average Bonchev–Trinajstić information content (AvgIpc) is 2.59. The second kappa shape index (κ2) is 7.10. The molecule has 0 aliphatic carbocycles. The van der Waals surface area contributed by atoms with E-state index in [0.717, 1.165) is 5.56 Å². The molecule has 0 aliphatic heterocycles. The Morgan fingerprint density at radius 1 is 1.20 bits per heavy atom. The van der Waals surface area contributed by atoms with Crippen LogP contribution in [0.1, 0.15) is 5.56 Å². The lowest BCUT2D eigenvalue weighted by Crippen LogP contribution is -2.03. The number of ether oxygens (including phenoxy) is 1. The van der Waals surface area contributed by atoms with Crippen LogP contribution in [-0.4, -0.2) is 19.9 Å². The van der Waals surface area contributed by atoms with Crippen LogP contribution in [0, 0.1) is 17.0 Å². The number of hydrogen-bond acceptors (Lipinski definition) is 7. The van der Waals surface area contributed by atoms with Gasteiger partial charge in [0.1, 0.15) is 12.1 Å². The molecule has 0 aliphatic rings. The monoisotopic (exact) mass is 357 g/mol. The summed E-state index contributed by atoms with van der Waals surface area (Å²) in [5.41, 5.74) is 1.02. The smallest absolute Gasteiger partial charge is 0.373 e. The number of rotatable bonds is 5. The normalized spacial score (nSPS) is 10.3. The van der Waals surface area contributed by atoms with Crippen molar-refractivity contribution in [1.29, 1.82) is 0 Å². The quantitative estimate of drug-likeness (QED) is 0.537. The summed E-state index contributed by atoms with van der Waals surface area (Å²) in [5, 5.41) is 15.0. The summed E-state index contributed by atoms with van der Waals surface area (Å²) in [6, 6.07) is 8.25. The first-order valence-corrected chi connectivity index (χ1v) is 7.53. The maximum atomic E-state index is 11.5. The zero-order chi connectivity index (χ0) is 17.8. The molecule has 0 fully saturated rings. The minimum Gasteiger partial charge on any atom is -0.434 e. The molecule has 0 saturated heterocycles. The van der Waals surface area contributed by atoms with Gasteiger partial charge < -0.3 is 10.1 Å². The van der Waals surface area contributed by atoms with Crippen molar-refractivity contribution in [2.45, 2.75) is 6.92 Å². The number of anilines is 2.